The van der Waals surface area contributed by atoms with Crippen LogP contribution >= 0.6 is 0 Å². The standard InChI is InChI=1S/C16H22N2O/c1-18(14-5-3-2-4-6-14)11-15(19)17-16(12-7-8-12)13-9-10-13/h2-6,12-13,16H,7-11H2,1H3,(H,17,19). The molecule has 2 saturated carbocycles. The number of likely N-dealkylation sites (N-methyl/N-ethyl adjacent to an activating group) is 1. The first-order valence-corrected chi connectivity index (χ1v) is 7.29. The molecule has 0 unspecified atom stereocenters. The van der Waals surface area contributed by atoms with Crippen molar-refractivity contribution < 1.29 is 4.79 Å². The molecule has 0 saturated heterocycles. The van der Waals surface area contributed by atoms with Gasteiger partial charge in [-0.05, 0) is 49.7 Å². The molecular formula is C16H22N2O. The van der Waals surface area contributed by atoms with Crippen LogP contribution in [0.5, 0.6) is 0 Å². The van der Waals surface area contributed by atoms with Crippen LogP contribution in [0.1, 0.15) is 25.7 Å². The number of rotatable bonds is 6. The van der Waals surface area contributed by atoms with Crippen molar-refractivity contribution in [3.63, 3.8) is 0 Å². The summed E-state index contributed by atoms with van der Waals surface area (Å²) >= 11 is 0. The third-order valence-electron chi connectivity index (χ3n) is 4.17. The Kier molecular flexibility index (Phi) is 3.45. The van der Waals surface area contributed by atoms with E-state index < -0.39 is 0 Å². The fraction of sp³-hybridized carbons (Fsp3) is 0.562. The SMILES string of the molecule is CN(CC(=O)NC(C1CC1)C1CC1)c1ccccc1. The van der Waals surface area contributed by atoms with Crippen molar-refractivity contribution in [2.24, 2.45) is 11.8 Å². The van der Waals surface area contributed by atoms with Gasteiger partial charge in [0.2, 0.25) is 5.91 Å². The van der Waals surface area contributed by atoms with Crippen LogP contribution in [0.25, 0.3) is 0 Å². The van der Waals surface area contributed by atoms with E-state index in [9.17, 15) is 4.79 Å². The predicted molar refractivity (Wildman–Crippen MR) is 77.1 cm³/mol. The maximum atomic E-state index is 12.1. The number of benzene rings is 1. The van der Waals surface area contributed by atoms with Gasteiger partial charge in [0.25, 0.3) is 0 Å². The molecule has 0 aliphatic heterocycles. The number of nitrogens with one attached hydrogen (secondary N) is 1. The zero-order valence-electron chi connectivity index (χ0n) is 11.5. The lowest BCUT2D eigenvalue weighted by atomic mass is 10.1. The number of carbonyl (C=O) groups excluding carboxylic acids is 1. The second-order valence-corrected chi connectivity index (χ2v) is 5.96. The summed E-state index contributed by atoms with van der Waals surface area (Å²) < 4.78 is 0. The number of amides is 1. The molecule has 1 aromatic carbocycles. The van der Waals surface area contributed by atoms with Crippen LogP contribution in [0.15, 0.2) is 30.3 Å². The second-order valence-electron chi connectivity index (χ2n) is 5.96. The minimum atomic E-state index is 0.162. The maximum Gasteiger partial charge on any atom is 0.239 e. The fourth-order valence-corrected chi connectivity index (χ4v) is 2.75. The van der Waals surface area contributed by atoms with E-state index >= 15 is 0 Å². The van der Waals surface area contributed by atoms with E-state index in [0.717, 1.165) is 17.5 Å². The number of carbonyl (C=O) groups is 1. The van der Waals surface area contributed by atoms with Crippen molar-refractivity contribution in [1.29, 1.82) is 0 Å². The molecule has 102 valence electrons. The maximum absolute atomic E-state index is 12.1. The van der Waals surface area contributed by atoms with Crippen molar-refractivity contribution in [3.05, 3.63) is 30.3 Å². The number of hydrogen-bond acceptors (Lipinski definition) is 2. The highest BCUT2D eigenvalue weighted by Gasteiger charge is 2.42. The molecule has 1 amide bonds. The normalized spacial score (nSPS) is 18.4. The van der Waals surface area contributed by atoms with Crippen molar-refractivity contribution in [1.82, 2.24) is 5.32 Å². The number of hydrogen-bond donors (Lipinski definition) is 1. The predicted octanol–water partition coefficient (Wildman–Crippen LogP) is 2.43. The van der Waals surface area contributed by atoms with E-state index in [1.165, 1.54) is 25.7 Å². The number of para-hydroxylation sites is 1. The minimum Gasteiger partial charge on any atom is -0.365 e. The van der Waals surface area contributed by atoms with Crippen LogP contribution in [0.3, 0.4) is 0 Å². The largest absolute Gasteiger partial charge is 0.365 e. The summed E-state index contributed by atoms with van der Waals surface area (Å²) in [4.78, 5) is 14.2. The van der Waals surface area contributed by atoms with Gasteiger partial charge in [0.05, 0.1) is 6.54 Å². The molecule has 0 radical (unpaired) electrons. The van der Waals surface area contributed by atoms with E-state index in [-0.39, 0.29) is 5.91 Å². The van der Waals surface area contributed by atoms with Crippen LogP contribution in [0.2, 0.25) is 0 Å². The molecule has 2 aliphatic rings. The van der Waals surface area contributed by atoms with Crippen LogP contribution in [-0.2, 0) is 4.79 Å². The smallest absolute Gasteiger partial charge is 0.239 e. The molecule has 1 aromatic rings. The van der Waals surface area contributed by atoms with E-state index in [4.69, 9.17) is 0 Å². The molecule has 0 spiro atoms. The average Bonchev–Trinajstić information content (AvgIpc) is 3.30. The lowest BCUT2D eigenvalue weighted by Crippen LogP contribution is -2.43. The molecule has 1 N–H and O–H groups in total. The van der Waals surface area contributed by atoms with Crippen LogP contribution < -0.4 is 10.2 Å². The Morgan fingerprint density at radius 1 is 1.21 bits per heavy atom. The number of nitrogens with zero attached hydrogens (tertiary/aromatic N) is 1. The Hall–Kier alpha value is -1.51. The van der Waals surface area contributed by atoms with Gasteiger partial charge in [-0.1, -0.05) is 18.2 Å². The van der Waals surface area contributed by atoms with E-state index in [2.05, 4.69) is 5.32 Å². The molecule has 2 fully saturated rings. The third-order valence-corrected chi connectivity index (χ3v) is 4.17. The summed E-state index contributed by atoms with van der Waals surface area (Å²) in [7, 11) is 1.97. The molecule has 3 rings (SSSR count). The summed E-state index contributed by atoms with van der Waals surface area (Å²) in [5.74, 6) is 1.69. The van der Waals surface area contributed by atoms with E-state index in [1.54, 1.807) is 0 Å². The molecule has 0 bridgehead atoms. The topological polar surface area (TPSA) is 32.3 Å². The summed E-state index contributed by atoms with van der Waals surface area (Å²) in [6.45, 7) is 0.444. The summed E-state index contributed by atoms with van der Waals surface area (Å²) in [5.41, 5.74) is 1.09. The van der Waals surface area contributed by atoms with Crippen LogP contribution in [0.4, 0.5) is 5.69 Å². The molecule has 19 heavy (non-hydrogen) atoms. The molecule has 3 heteroatoms. The van der Waals surface area contributed by atoms with Gasteiger partial charge in [-0.2, -0.15) is 0 Å². The van der Waals surface area contributed by atoms with Crippen molar-refractivity contribution in [2.75, 3.05) is 18.5 Å². The van der Waals surface area contributed by atoms with Gasteiger partial charge in [-0.25, -0.2) is 0 Å². The van der Waals surface area contributed by atoms with Crippen molar-refractivity contribution in [3.8, 4) is 0 Å². The van der Waals surface area contributed by atoms with Gasteiger partial charge in [-0.3, -0.25) is 4.79 Å². The van der Waals surface area contributed by atoms with Gasteiger partial charge in [-0.15, -0.1) is 0 Å². The van der Waals surface area contributed by atoms with Crippen molar-refractivity contribution in [2.45, 2.75) is 31.7 Å². The fourth-order valence-electron chi connectivity index (χ4n) is 2.75. The summed E-state index contributed by atoms with van der Waals surface area (Å²) in [6.07, 6.45) is 5.21. The summed E-state index contributed by atoms with van der Waals surface area (Å²) in [5, 5.41) is 3.26. The first-order chi connectivity index (χ1) is 9.24. The quantitative estimate of drug-likeness (QED) is 0.850. The minimum absolute atomic E-state index is 0.162. The molecular weight excluding hydrogens is 236 g/mol. The van der Waals surface area contributed by atoms with Crippen LogP contribution in [-0.4, -0.2) is 25.5 Å². The average molecular weight is 258 g/mol. The van der Waals surface area contributed by atoms with Gasteiger partial charge in [0.15, 0.2) is 0 Å². The van der Waals surface area contributed by atoms with Gasteiger partial charge >= 0.3 is 0 Å². The Bertz CT molecular complexity index is 425. The van der Waals surface area contributed by atoms with E-state index in [0.29, 0.717) is 12.6 Å². The molecule has 2 aliphatic carbocycles. The number of anilines is 1. The Morgan fingerprint density at radius 2 is 1.79 bits per heavy atom. The summed E-state index contributed by atoms with van der Waals surface area (Å²) in [6, 6.07) is 10.5. The van der Waals surface area contributed by atoms with Gasteiger partial charge < -0.3 is 10.2 Å². The molecule has 0 aromatic heterocycles. The second kappa shape index (κ2) is 5.24. The Labute approximate surface area is 115 Å². The van der Waals surface area contributed by atoms with E-state index in [1.807, 2.05) is 42.3 Å². The molecule has 3 nitrogen and oxygen atoms in total. The zero-order valence-corrected chi connectivity index (χ0v) is 11.5. The lowest BCUT2D eigenvalue weighted by Gasteiger charge is -2.22. The molecule has 0 atom stereocenters. The van der Waals surface area contributed by atoms with Crippen molar-refractivity contribution >= 4 is 11.6 Å². The highest BCUT2D eigenvalue weighted by Crippen LogP contribution is 2.44. The monoisotopic (exact) mass is 258 g/mol. The third kappa shape index (κ3) is 3.28. The zero-order chi connectivity index (χ0) is 13.2. The first-order valence-electron chi connectivity index (χ1n) is 7.29. The van der Waals surface area contributed by atoms with Gasteiger partial charge in [0.1, 0.15) is 0 Å². The van der Waals surface area contributed by atoms with Gasteiger partial charge in [0, 0.05) is 18.8 Å². The van der Waals surface area contributed by atoms with Crippen LogP contribution in [0, 0.1) is 11.8 Å². The lowest BCUT2D eigenvalue weighted by molar-refractivity contribution is -0.120. The Balaban J connectivity index is 1.53. The first kappa shape index (κ1) is 12.5. The highest BCUT2D eigenvalue weighted by atomic mass is 16.2. The Morgan fingerprint density at radius 3 is 2.32 bits per heavy atom. The molecule has 0 heterocycles. The highest BCUT2D eigenvalue weighted by molar-refractivity contribution is 5.81.